The lowest BCUT2D eigenvalue weighted by molar-refractivity contribution is -0.127. The van der Waals surface area contributed by atoms with Gasteiger partial charge in [-0.05, 0) is 32.1 Å². The Bertz CT molecular complexity index is 451. The van der Waals surface area contributed by atoms with Crippen LogP contribution in [0.15, 0.2) is 0 Å². The highest BCUT2D eigenvalue weighted by atomic mass is 32.1. The number of thiazole rings is 1. The second kappa shape index (κ2) is 5.05. The molecule has 2 aliphatic rings. The summed E-state index contributed by atoms with van der Waals surface area (Å²) >= 11 is 1.26. The van der Waals surface area contributed by atoms with Crippen LogP contribution in [0.1, 0.15) is 47.2 Å². The molecule has 1 aromatic heterocycles. The Balaban J connectivity index is 1.71. The van der Waals surface area contributed by atoms with E-state index in [2.05, 4.69) is 10.3 Å². The smallest absolute Gasteiger partial charge is 0.313 e. The zero-order valence-electron chi connectivity index (χ0n) is 10.6. The van der Waals surface area contributed by atoms with Crippen molar-refractivity contribution in [2.24, 2.45) is 0 Å². The molecule has 2 aliphatic carbocycles. The van der Waals surface area contributed by atoms with Crippen molar-refractivity contribution >= 4 is 11.3 Å². The van der Waals surface area contributed by atoms with E-state index >= 15 is 0 Å². The largest absolute Gasteiger partial charge is 0.395 e. The maximum absolute atomic E-state index is 12.4. The zero-order valence-corrected chi connectivity index (χ0v) is 11.4. The van der Waals surface area contributed by atoms with Crippen LogP contribution in [-0.4, -0.2) is 23.7 Å². The number of rotatable bonds is 4. The van der Waals surface area contributed by atoms with Crippen molar-refractivity contribution in [3.8, 4) is 0 Å². The SMILES string of the molecule is FC(F)(F)Cc1nc2c(s1)CCCC2CNC1CC1. The summed E-state index contributed by atoms with van der Waals surface area (Å²) in [5, 5.41) is 3.70. The van der Waals surface area contributed by atoms with Gasteiger partial charge in [0.15, 0.2) is 0 Å². The summed E-state index contributed by atoms with van der Waals surface area (Å²) < 4.78 is 37.3. The molecule has 1 saturated carbocycles. The Morgan fingerprint density at radius 2 is 2.05 bits per heavy atom. The molecule has 1 fully saturated rings. The lowest BCUT2D eigenvalue weighted by Gasteiger charge is -2.21. The molecule has 1 unspecified atom stereocenters. The molecule has 0 amide bonds. The predicted molar refractivity (Wildman–Crippen MR) is 68.6 cm³/mol. The topological polar surface area (TPSA) is 24.9 Å². The van der Waals surface area contributed by atoms with Gasteiger partial charge in [-0.25, -0.2) is 4.98 Å². The lowest BCUT2D eigenvalue weighted by Crippen LogP contribution is -2.26. The van der Waals surface area contributed by atoms with Gasteiger partial charge >= 0.3 is 6.18 Å². The average molecular weight is 290 g/mol. The fraction of sp³-hybridized carbons (Fsp3) is 0.769. The second-order valence-corrected chi connectivity index (χ2v) is 6.65. The fourth-order valence-corrected chi connectivity index (χ4v) is 3.83. The molecule has 1 aromatic rings. The molecular weight excluding hydrogens is 273 g/mol. The summed E-state index contributed by atoms with van der Waals surface area (Å²) in [6, 6.07) is 0.638. The van der Waals surface area contributed by atoms with Gasteiger partial charge in [0.25, 0.3) is 0 Å². The number of aryl methyl sites for hydroxylation is 1. The summed E-state index contributed by atoms with van der Waals surface area (Å²) in [5.74, 6) is 0.308. The third-order valence-electron chi connectivity index (χ3n) is 3.70. The van der Waals surface area contributed by atoms with E-state index in [-0.39, 0.29) is 5.01 Å². The van der Waals surface area contributed by atoms with Crippen molar-refractivity contribution in [2.75, 3.05) is 6.54 Å². The highest BCUT2D eigenvalue weighted by molar-refractivity contribution is 7.11. The van der Waals surface area contributed by atoms with Gasteiger partial charge in [-0.1, -0.05) is 0 Å². The highest BCUT2D eigenvalue weighted by Gasteiger charge is 2.32. The van der Waals surface area contributed by atoms with Crippen LogP contribution in [-0.2, 0) is 12.8 Å². The quantitative estimate of drug-likeness (QED) is 0.919. The standard InChI is InChI=1S/C13H17F3N2S/c14-13(15,16)6-11-18-12-8(7-17-9-4-5-9)2-1-3-10(12)19-11/h8-9,17H,1-7H2. The maximum Gasteiger partial charge on any atom is 0.395 e. The Labute approximate surface area is 114 Å². The lowest BCUT2D eigenvalue weighted by atomic mass is 9.91. The molecule has 1 atom stereocenters. The van der Waals surface area contributed by atoms with E-state index < -0.39 is 12.6 Å². The van der Waals surface area contributed by atoms with Gasteiger partial charge in [0.2, 0.25) is 0 Å². The van der Waals surface area contributed by atoms with Crippen LogP contribution in [0.25, 0.3) is 0 Å². The number of nitrogens with one attached hydrogen (secondary N) is 1. The number of hydrogen-bond donors (Lipinski definition) is 1. The number of nitrogens with zero attached hydrogens (tertiary/aromatic N) is 1. The Morgan fingerprint density at radius 3 is 2.74 bits per heavy atom. The van der Waals surface area contributed by atoms with Crippen molar-refractivity contribution in [1.82, 2.24) is 10.3 Å². The summed E-state index contributed by atoms with van der Waals surface area (Å²) in [4.78, 5) is 5.35. The number of hydrogen-bond acceptors (Lipinski definition) is 3. The van der Waals surface area contributed by atoms with Crippen molar-refractivity contribution in [1.29, 1.82) is 0 Å². The van der Waals surface area contributed by atoms with E-state index in [1.165, 1.54) is 24.2 Å². The Hall–Kier alpha value is -0.620. The Kier molecular flexibility index (Phi) is 3.55. The van der Waals surface area contributed by atoms with E-state index in [1.54, 1.807) is 0 Å². The van der Waals surface area contributed by atoms with E-state index in [0.29, 0.717) is 12.0 Å². The monoisotopic (exact) mass is 290 g/mol. The third kappa shape index (κ3) is 3.48. The minimum absolute atomic E-state index is 0.232. The molecule has 0 radical (unpaired) electrons. The van der Waals surface area contributed by atoms with Crippen molar-refractivity contribution in [2.45, 2.75) is 56.7 Å². The first-order chi connectivity index (χ1) is 9.01. The van der Waals surface area contributed by atoms with Gasteiger partial charge in [0.1, 0.15) is 5.01 Å². The van der Waals surface area contributed by atoms with Gasteiger partial charge < -0.3 is 5.32 Å². The first kappa shape index (κ1) is 13.4. The highest BCUT2D eigenvalue weighted by Crippen LogP contribution is 2.36. The van der Waals surface area contributed by atoms with Gasteiger partial charge in [0.05, 0.1) is 12.1 Å². The first-order valence-electron chi connectivity index (χ1n) is 6.80. The molecular formula is C13H17F3N2S. The fourth-order valence-electron chi connectivity index (χ4n) is 2.60. The predicted octanol–water partition coefficient (Wildman–Crippen LogP) is 3.42. The van der Waals surface area contributed by atoms with E-state index in [0.717, 1.165) is 36.4 Å². The first-order valence-corrected chi connectivity index (χ1v) is 7.61. The van der Waals surface area contributed by atoms with Crippen LogP contribution in [0.2, 0.25) is 0 Å². The molecule has 2 nitrogen and oxygen atoms in total. The van der Waals surface area contributed by atoms with Gasteiger partial charge in [-0.15, -0.1) is 11.3 Å². The molecule has 106 valence electrons. The molecule has 0 saturated heterocycles. The average Bonchev–Trinajstić information content (AvgIpc) is 3.04. The van der Waals surface area contributed by atoms with Crippen LogP contribution in [0.4, 0.5) is 13.2 Å². The second-order valence-electron chi connectivity index (χ2n) is 5.48. The molecule has 0 aliphatic heterocycles. The van der Waals surface area contributed by atoms with Crippen LogP contribution in [0, 0.1) is 0 Å². The number of aromatic nitrogens is 1. The number of fused-ring (bicyclic) bond motifs is 1. The molecule has 6 heteroatoms. The van der Waals surface area contributed by atoms with E-state index in [4.69, 9.17) is 0 Å². The Morgan fingerprint density at radius 1 is 1.26 bits per heavy atom. The van der Waals surface area contributed by atoms with E-state index in [1.807, 2.05) is 0 Å². The zero-order chi connectivity index (χ0) is 13.5. The van der Waals surface area contributed by atoms with E-state index in [9.17, 15) is 13.2 Å². The van der Waals surface area contributed by atoms with Crippen molar-refractivity contribution in [3.63, 3.8) is 0 Å². The van der Waals surface area contributed by atoms with Gasteiger partial charge in [0, 0.05) is 23.4 Å². The third-order valence-corrected chi connectivity index (χ3v) is 4.83. The molecule has 1 heterocycles. The van der Waals surface area contributed by atoms with Crippen molar-refractivity contribution in [3.05, 3.63) is 15.6 Å². The molecule has 1 N–H and O–H groups in total. The molecule has 0 spiro atoms. The van der Waals surface area contributed by atoms with Crippen LogP contribution in [0.5, 0.6) is 0 Å². The number of halogens is 3. The summed E-state index contributed by atoms with van der Waals surface area (Å²) in [7, 11) is 0. The minimum atomic E-state index is -4.15. The van der Waals surface area contributed by atoms with Crippen LogP contribution in [0.3, 0.4) is 0 Å². The van der Waals surface area contributed by atoms with Crippen LogP contribution < -0.4 is 5.32 Å². The minimum Gasteiger partial charge on any atom is -0.313 e. The molecule has 3 rings (SSSR count). The summed E-state index contributed by atoms with van der Waals surface area (Å²) in [6.07, 6.45) is 0.436. The molecule has 0 bridgehead atoms. The maximum atomic E-state index is 12.4. The van der Waals surface area contributed by atoms with Gasteiger partial charge in [-0.2, -0.15) is 13.2 Å². The summed E-state index contributed by atoms with van der Waals surface area (Å²) in [6.45, 7) is 0.868. The number of alkyl halides is 3. The normalized spacial score (nSPS) is 23.4. The van der Waals surface area contributed by atoms with Crippen LogP contribution >= 0.6 is 11.3 Å². The molecule has 19 heavy (non-hydrogen) atoms. The van der Waals surface area contributed by atoms with Crippen molar-refractivity contribution < 1.29 is 13.2 Å². The van der Waals surface area contributed by atoms with Gasteiger partial charge in [-0.3, -0.25) is 0 Å². The molecule has 0 aromatic carbocycles. The summed E-state index contributed by atoms with van der Waals surface area (Å²) in [5.41, 5.74) is 0.934.